The zero-order valence-electron chi connectivity index (χ0n) is 7.42. The molecular weight excluding hydrogens is 154 g/mol. The zero-order chi connectivity index (χ0) is 8.65. The Balaban J connectivity index is 1.94. The van der Waals surface area contributed by atoms with Crippen LogP contribution in [0.1, 0.15) is 19.3 Å². The van der Waals surface area contributed by atoms with E-state index >= 15 is 0 Å². The molecule has 0 saturated carbocycles. The van der Waals surface area contributed by atoms with Crippen molar-refractivity contribution in [3.05, 3.63) is 12.8 Å². The maximum Gasteiger partial charge on any atom is 0.157 e. The van der Waals surface area contributed by atoms with Gasteiger partial charge in [-0.05, 0) is 25.5 Å². The highest BCUT2D eigenvalue weighted by Crippen LogP contribution is 2.12. The first-order chi connectivity index (χ1) is 5.93. The maximum atomic E-state index is 5.45. The van der Waals surface area contributed by atoms with Gasteiger partial charge in [0.15, 0.2) is 6.29 Å². The normalized spacial score (nSPS) is 23.5. The summed E-state index contributed by atoms with van der Waals surface area (Å²) in [5.74, 6) is 0. The van der Waals surface area contributed by atoms with Crippen LogP contribution in [0.25, 0.3) is 0 Å². The van der Waals surface area contributed by atoms with Gasteiger partial charge in [0.2, 0.25) is 0 Å². The van der Waals surface area contributed by atoms with E-state index in [9.17, 15) is 0 Å². The fraction of sp³-hybridized carbons (Fsp3) is 0.778. The van der Waals surface area contributed by atoms with Crippen molar-refractivity contribution in [1.82, 2.24) is 5.32 Å². The molecule has 0 bridgehead atoms. The predicted molar refractivity (Wildman–Crippen MR) is 47.7 cm³/mol. The van der Waals surface area contributed by atoms with Crippen molar-refractivity contribution in [3.8, 4) is 0 Å². The highest BCUT2D eigenvalue weighted by molar-refractivity contribution is 4.62. The number of nitrogens with one attached hydrogen (secondary N) is 1. The number of hydrogen-bond acceptors (Lipinski definition) is 3. The van der Waals surface area contributed by atoms with Crippen LogP contribution in [0, 0.1) is 0 Å². The molecule has 12 heavy (non-hydrogen) atoms. The molecule has 0 aromatic heterocycles. The smallest absolute Gasteiger partial charge is 0.157 e. The summed E-state index contributed by atoms with van der Waals surface area (Å²) in [6.45, 7) is 5.89. The largest absolute Gasteiger partial charge is 0.389 e. The van der Waals surface area contributed by atoms with Gasteiger partial charge >= 0.3 is 0 Å². The van der Waals surface area contributed by atoms with E-state index in [2.05, 4.69) is 11.9 Å². The van der Waals surface area contributed by atoms with Crippen LogP contribution < -0.4 is 5.32 Å². The minimum absolute atomic E-state index is 0.0327. The van der Waals surface area contributed by atoms with Crippen LogP contribution in [0.4, 0.5) is 0 Å². The second-order valence-corrected chi connectivity index (χ2v) is 2.83. The molecule has 1 aliphatic rings. The summed E-state index contributed by atoms with van der Waals surface area (Å²) in [5, 5.41) is 2.97. The van der Waals surface area contributed by atoms with Gasteiger partial charge in [0.1, 0.15) is 0 Å². The maximum absolute atomic E-state index is 5.45. The molecule has 0 aromatic rings. The SMILES string of the molecule is C=CNCCOC1CCCCO1. The molecule has 1 aliphatic heterocycles. The van der Waals surface area contributed by atoms with E-state index in [0.717, 1.165) is 19.6 Å². The van der Waals surface area contributed by atoms with E-state index in [4.69, 9.17) is 9.47 Å². The van der Waals surface area contributed by atoms with Crippen molar-refractivity contribution in [3.63, 3.8) is 0 Å². The van der Waals surface area contributed by atoms with Gasteiger partial charge in [-0.2, -0.15) is 0 Å². The molecular formula is C9H17NO2. The Kier molecular flexibility index (Phi) is 4.80. The Labute approximate surface area is 73.7 Å². The molecule has 1 unspecified atom stereocenters. The van der Waals surface area contributed by atoms with Gasteiger partial charge in [0.25, 0.3) is 0 Å². The van der Waals surface area contributed by atoms with Crippen molar-refractivity contribution in [2.75, 3.05) is 19.8 Å². The monoisotopic (exact) mass is 171 g/mol. The van der Waals surface area contributed by atoms with E-state index in [1.54, 1.807) is 6.20 Å². The summed E-state index contributed by atoms with van der Waals surface area (Å²) in [4.78, 5) is 0. The van der Waals surface area contributed by atoms with Crippen molar-refractivity contribution in [2.24, 2.45) is 0 Å². The predicted octanol–water partition coefficient (Wildman–Crippen LogP) is 1.26. The zero-order valence-corrected chi connectivity index (χ0v) is 7.42. The van der Waals surface area contributed by atoms with Crippen molar-refractivity contribution in [2.45, 2.75) is 25.6 Å². The first-order valence-electron chi connectivity index (χ1n) is 4.51. The van der Waals surface area contributed by atoms with Gasteiger partial charge in [-0.1, -0.05) is 6.58 Å². The molecule has 0 aliphatic carbocycles. The van der Waals surface area contributed by atoms with Gasteiger partial charge in [-0.25, -0.2) is 0 Å². The van der Waals surface area contributed by atoms with Gasteiger partial charge in [0.05, 0.1) is 6.61 Å². The Morgan fingerprint density at radius 2 is 2.50 bits per heavy atom. The molecule has 1 heterocycles. The van der Waals surface area contributed by atoms with Crippen LogP contribution in [0.3, 0.4) is 0 Å². The fourth-order valence-electron chi connectivity index (χ4n) is 1.19. The van der Waals surface area contributed by atoms with Gasteiger partial charge in [0, 0.05) is 13.2 Å². The number of hydrogen-bond donors (Lipinski definition) is 1. The average molecular weight is 171 g/mol. The van der Waals surface area contributed by atoms with Crippen LogP contribution in [-0.4, -0.2) is 26.0 Å². The third-order valence-electron chi connectivity index (χ3n) is 1.83. The van der Waals surface area contributed by atoms with Gasteiger partial charge in [-0.3, -0.25) is 0 Å². The lowest BCUT2D eigenvalue weighted by molar-refractivity contribution is -0.161. The molecule has 0 amide bonds. The molecule has 0 aromatic carbocycles. The molecule has 3 heteroatoms. The fourth-order valence-corrected chi connectivity index (χ4v) is 1.19. The van der Waals surface area contributed by atoms with Crippen LogP contribution in [0.2, 0.25) is 0 Å². The third kappa shape index (κ3) is 3.74. The lowest BCUT2D eigenvalue weighted by Crippen LogP contribution is -2.25. The lowest BCUT2D eigenvalue weighted by atomic mass is 10.2. The second kappa shape index (κ2) is 6.03. The minimum Gasteiger partial charge on any atom is -0.389 e. The van der Waals surface area contributed by atoms with Crippen molar-refractivity contribution >= 4 is 0 Å². The summed E-state index contributed by atoms with van der Waals surface area (Å²) < 4.78 is 10.8. The van der Waals surface area contributed by atoms with Gasteiger partial charge in [-0.15, -0.1) is 0 Å². The lowest BCUT2D eigenvalue weighted by Gasteiger charge is -2.22. The molecule has 70 valence electrons. The molecule has 1 fully saturated rings. The third-order valence-corrected chi connectivity index (χ3v) is 1.83. The Morgan fingerprint density at radius 3 is 3.17 bits per heavy atom. The first-order valence-corrected chi connectivity index (χ1v) is 4.51. The first kappa shape index (κ1) is 9.55. The van der Waals surface area contributed by atoms with Crippen molar-refractivity contribution in [1.29, 1.82) is 0 Å². The quantitative estimate of drug-likeness (QED) is 0.632. The number of rotatable bonds is 5. The standard InChI is InChI=1S/C9H17NO2/c1-2-10-6-8-12-9-5-3-4-7-11-9/h2,9-10H,1,3-8H2. The highest BCUT2D eigenvalue weighted by atomic mass is 16.7. The van der Waals surface area contributed by atoms with E-state index in [0.29, 0.717) is 6.61 Å². The molecule has 0 radical (unpaired) electrons. The summed E-state index contributed by atoms with van der Waals surface area (Å²) in [7, 11) is 0. The van der Waals surface area contributed by atoms with Crippen LogP contribution >= 0.6 is 0 Å². The van der Waals surface area contributed by atoms with E-state index in [-0.39, 0.29) is 6.29 Å². The van der Waals surface area contributed by atoms with Crippen LogP contribution in [-0.2, 0) is 9.47 Å². The molecule has 3 nitrogen and oxygen atoms in total. The molecule has 1 atom stereocenters. The van der Waals surface area contributed by atoms with Crippen LogP contribution in [0.5, 0.6) is 0 Å². The van der Waals surface area contributed by atoms with E-state index in [1.807, 2.05) is 0 Å². The second-order valence-electron chi connectivity index (χ2n) is 2.83. The Hall–Kier alpha value is -0.540. The van der Waals surface area contributed by atoms with E-state index < -0.39 is 0 Å². The number of ether oxygens (including phenoxy) is 2. The molecule has 1 saturated heterocycles. The summed E-state index contributed by atoms with van der Waals surface area (Å²) in [5.41, 5.74) is 0. The van der Waals surface area contributed by atoms with E-state index in [1.165, 1.54) is 12.8 Å². The average Bonchev–Trinajstić information content (AvgIpc) is 2.14. The van der Waals surface area contributed by atoms with Crippen molar-refractivity contribution < 1.29 is 9.47 Å². The van der Waals surface area contributed by atoms with Gasteiger partial charge < -0.3 is 14.8 Å². The molecule has 1 rings (SSSR count). The molecule has 1 N–H and O–H groups in total. The summed E-state index contributed by atoms with van der Waals surface area (Å²) >= 11 is 0. The summed E-state index contributed by atoms with van der Waals surface area (Å²) in [6.07, 6.45) is 5.13. The Bertz CT molecular complexity index is 122. The summed E-state index contributed by atoms with van der Waals surface area (Å²) in [6, 6.07) is 0. The highest BCUT2D eigenvalue weighted by Gasteiger charge is 2.12. The minimum atomic E-state index is 0.0327. The topological polar surface area (TPSA) is 30.5 Å². The molecule has 0 spiro atoms. The Morgan fingerprint density at radius 1 is 1.58 bits per heavy atom. The van der Waals surface area contributed by atoms with Crippen LogP contribution in [0.15, 0.2) is 12.8 Å².